The maximum absolute atomic E-state index is 11.7. The molecule has 0 aliphatic rings. The van der Waals surface area contributed by atoms with Crippen LogP contribution in [0.2, 0.25) is 0 Å². The lowest BCUT2D eigenvalue weighted by Crippen LogP contribution is -2.26. The topological polar surface area (TPSA) is 49.0 Å². The molecule has 2 aromatic rings. The summed E-state index contributed by atoms with van der Waals surface area (Å²) in [6, 6.07) is 7.96. The summed E-state index contributed by atoms with van der Waals surface area (Å²) in [6.07, 6.45) is 3.13. The third kappa shape index (κ3) is 2.20. The Labute approximate surface area is 99.9 Å². The molecule has 17 heavy (non-hydrogen) atoms. The largest absolute Gasteiger partial charge is 0.324 e. The fraction of sp³-hybridized carbons (Fsp3) is 0.231. The second kappa shape index (κ2) is 4.82. The van der Waals surface area contributed by atoms with Crippen molar-refractivity contribution in [3.8, 4) is 0 Å². The molecule has 0 unspecified atom stereocenters. The molecular formula is C13H15N3O. The van der Waals surface area contributed by atoms with Crippen LogP contribution in [0.15, 0.2) is 41.5 Å². The van der Waals surface area contributed by atoms with Gasteiger partial charge in [-0.2, -0.15) is 0 Å². The molecule has 1 aromatic heterocycles. The monoisotopic (exact) mass is 229 g/mol. The molecule has 4 nitrogen and oxygen atoms in total. The summed E-state index contributed by atoms with van der Waals surface area (Å²) < 4.78 is 0. The zero-order valence-electron chi connectivity index (χ0n) is 9.97. The molecule has 0 aliphatic carbocycles. The van der Waals surface area contributed by atoms with Gasteiger partial charge in [-0.1, -0.05) is 18.2 Å². The van der Waals surface area contributed by atoms with Crippen LogP contribution >= 0.6 is 0 Å². The van der Waals surface area contributed by atoms with E-state index in [9.17, 15) is 4.79 Å². The summed E-state index contributed by atoms with van der Waals surface area (Å²) in [5.74, 6) is 0.435. The van der Waals surface area contributed by atoms with Gasteiger partial charge in [0.2, 0.25) is 0 Å². The van der Waals surface area contributed by atoms with Gasteiger partial charge in [0.05, 0.1) is 0 Å². The first-order valence-corrected chi connectivity index (χ1v) is 5.61. The van der Waals surface area contributed by atoms with Crippen molar-refractivity contribution >= 4 is 11.5 Å². The van der Waals surface area contributed by atoms with Crippen LogP contribution in [0.1, 0.15) is 12.5 Å². The van der Waals surface area contributed by atoms with Crippen molar-refractivity contribution in [2.24, 2.45) is 0 Å². The molecule has 0 saturated heterocycles. The van der Waals surface area contributed by atoms with Gasteiger partial charge in [0.1, 0.15) is 0 Å². The molecule has 1 N–H and O–H groups in total. The second-order valence-corrected chi connectivity index (χ2v) is 3.77. The highest BCUT2D eigenvalue weighted by Gasteiger charge is 2.13. The molecule has 0 aliphatic heterocycles. The van der Waals surface area contributed by atoms with Crippen molar-refractivity contribution in [1.82, 2.24) is 9.97 Å². The molecule has 1 heterocycles. The molecule has 4 heteroatoms. The molecule has 0 bridgehead atoms. The van der Waals surface area contributed by atoms with Gasteiger partial charge in [-0.05, 0) is 25.5 Å². The minimum Gasteiger partial charge on any atom is -0.324 e. The second-order valence-electron chi connectivity index (χ2n) is 3.77. The minimum absolute atomic E-state index is 0.169. The van der Waals surface area contributed by atoms with E-state index in [0.717, 1.165) is 11.3 Å². The molecule has 0 spiro atoms. The third-order valence-corrected chi connectivity index (χ3v) is 2.67. The van der Waals surface area contributed by atoms with Crippen LogP contribution in [0, 0.1) is 6.92 Å². The Balaban J connectivity index is 2.52. The smallest absolute Gasteiger partial charge is 0.291 e. The number of hydrogen-bond acceptors (Lipinski definition) is 3. The summed E-state index contributed by atoms with van der Waals surface area (Å²) in [7, 11) is 0. The molecule has 0 fully saturated rings. The van der Waals surface area contributed by atoms with E-state index in [1.165, 1.54) is 6.20 Å². The number of nitrogens with zero attached hydrogens (tertiary/aromatic N) is 2. The van der Waals surface area contributed by atoms with Crippen molar-refractivity contribution in [2.75, 3.05) is 11.4 Å². The van der Waals surface area contributed by atoms with Gasteiger partial charge < -0.3 is 9.88 Å². The van der Waals surface area contributed by atoms with Crippen molar-refractivity contribution in [3.63, 3.8) is 0 Å². The van der Waals surface area contributed by atoms with E-state index in [-0.39, 0.29) is 5.56 Å². The lowest BCUT2D eigenvalue weighted by molar-refractivity contribution is 0.954. The number of aromatic nitrogens is 2. The molecule has 0 radical (unpaired) electrons. The van der Waals surface area contributed by atoms with Crippen LogP contribution < -0.4 is 10.5 Å². The van der Waals surface area contributed by atoms with Gasteiger partial charge in [0, 0.05) is 24.6 Å². The van der Waals surface area contributed by atoms with Crippen LogP contribution in [0.3, 0.4) is 0 Å². The highest BCUT2D eigenvalue weighted by atomic mass is 16.1. The molecule has 0 saturated carbocycles. The van der Waals surface area contributed by atoms with Gasteiger partial charge in [0.15, 0.2) is 5.82 Å². The van der Waals surface area contributed by atoms with Crippen molar-refractivity contribution < 1.29 is 0 Å². The first kappa shape index (κ1) is 11.4. The molecule has 88 valence electrons. The maximum Gasteiger partial charge on any atom is 0.291 e. The van der Waals surface area contributed by atoms with Crippen LogP contribution in [-0.4, -0.2) is 16.5 Å². The normalized spacial score (nSPS) is 10.2. The lowest BCUT2D eigenvalue weighted by Gasteiger charge is -2.22. The maximum atomic E-state index is 11.7. The highest BCUT2D eigenvalue weighted by molar-refractivity contribution is 5.62. The molecule has 2 rings (SSSR count). The number of rotatable bonds is 3. The quantitative estimate of drug-likeness (QED) is 0.878. The van der Waals surface area contributed by atoms with Gasteiger partial charge >= 0.3 is 0 Å². The van der Waals surface area contributed by atoms with Crippen molar-refractivity contribution in [2.45, 2.75) is 13.8 Å². The molecular weight excluding hydrogens is 214 g/mol. The van der Waals surface area contributed by atoms with E-state index in [1.807, 2.05) is 43.0 Å². The summed E-state index contributed by atoms with van der Waals surface area (Å²) in [5.41, 5.74) is 1.97. The first-order chi connectivity index (χ1) is 8.24. The number of hydrogen-bond donors (Lipinski definition) is 1. The van der Waals surface area contributed by atoms with E-state index in [1.54, 1.807) is 6.20 Å². The van der Waals surface area contributed by atoms with E-state index < -0.39 is 0 Å². The van der Waals surface area contributed by atoms with Gasteiger partial charge in [0.25, 0.3) is 5.56 Å². The predicted molar refractivity (Wildman–Crippen MR) is 68.7 cm³/mol. The first-order valence-electron chi connectivity index (χ1n) is 5.61. The summed E-state index contributed by atoms with van der Waals surface area (Å²) in [6.45, 7) is 4.72. The van der Waals surface area contributed by atoms with E-state index in [0.29, 0.717) is 12.4 Å². The van der Waals surface area contributed by atoms with Crippen LogP contribution in [-0.2, 0) is 0 Å². The number of para-hydroxylation sites is 1. The lowest BCUT2D eigenvalue weighted by atomic mass is 10.2. The summed E-state index contributed by atoms with van der Waals surface area (Å²) >= 11 is 0. The fourth-order valence-corrected chi connectivity index (χ4v) is 1.84. The number of anilines is 2. The van der Waals surface area contributed by atoms with Crippen molar-refractivity contribution in [1.29, 1.82) is 0 Å². The number of aryl methyl sites for hydroxylation is 1. The number of H-pyrrole nitrogens is 1. The molecule has 1 aromatic carbocycles. The fourth-order valence-electron chi connectivity index (χ4n) is 1.84. The van der Waals surface area contributed by atoms with Gasteiger partial charge in [-0.25, -0.2) is 4.98 Å². The van der Waals surface area contributed by atoms with Gasteiger partial charge in [-0.3, -0.25) is 4.79 Å². The Hall–Kier alpha value is -2.10. The van der Waals surface area contributed by atoms with Crippen LogP contribution in [0.25, 0.3) is 0 Å². The summed E-state index contributed by atoms with van der Waals surface area (Å²) in [5, 5.41) is 0. The third-order valence-electron chi connectivity index (χ3n) is 2.67. The number of benzene rings is 1. The van der Waals surface area contributed by atoms with E-state index in [4.69, 9.17) is 0 Å². The summed E-state index contributed by atoms with van der Waals surface area (Å²) in [4.78, 5) is 20.4. The van der Waals surface area contributed by atoms with Gasteiger partial charge in [-0.15, -0.1) is 0 Å². The Bertz CT molecular complexity index is 562. The molecule has 0 amide bonds. The average Bonchev–Trinajstić information content (AvgIpc) is 2.34. The Morgan fingerprint density at radius 3 is 2.76 bits per heavy atom. The highest BCUT2D eigenvalue weighted by Crippen LogP contribution is 2.23. The minimum atomic E-state index is -0.169. The standard InChI is InChI=1S/C13H15N3O/c1-3-16(11-7-5-4-6-10(11)2)12-13(17)15-9-8-14-12/h4-9H,3H2,1-2H3,(H,15,17). The Morgan fingerprint density at radius 1 is 1.35 bits per heavy atom. The zero-order chi connectivity index (χ0) is 12.3. The van der Waals surface area contributed by atoms with Crippen LogP contribution in [0.5, 0.6) is 0 Å². The average molecular weight is 229 g/mol. The molecule has 0 atom stereocenters. The van der Waals surface area contributed by atoms with Crippen LogP contribution in [0.4, 0.5) is 11.5 Å². The SMILES string of the molecule is CCN(c1ccccc1C)c1ncc[nH]c1=O. The number of aromatic amines is 1. The Kier molecular flexibility index (Phi) is 3.23. The predicted octanol–water partition coefficient (Wildman–Crippen LogP) is 2.24. The van der Waals surface area contributed by atoms with E-state index in [2.05, 4.69) is 9.97 Å². The zero-order valence-corrected chi connectivity index (χ0v) is 9.97. The van der Waals surface area contributed by atoms with E-state index >= 15 is 0 Å². The Morgan fingerprint density at radius 2 is 2.12 bits per heavy atom. The number of nitrogens with one attached hydrogen (secondary N) is 1. The van der Waals surface area contributed by atoms with Crippen molar-refractivity contribution in [3.05, 3.63) is 52.6 Å².